The lowest BCUT2D eigenvalue weighted by Crippen LogP contribution is -2.47. The van der Waals surface area contributed by atoms with E-state index in [9.17, 15) is 0 Å². The molecule has 17 heavy (non-hydrogen) atoms. The van der Waals surface area contributed by atoms with Gasteiger partial charge in [-0.15, -0.1) is 0 Å². The average molecular weight is 235 g/mol. The van der Waals surface area contributed by atoms with Crippen LogP contribution in [0.2, 0.25) is 0 Å². The molecule has 0 aliphatic carbocycles. The maximum Gasteiger partial charge on any atom is 0.490 e. The van der Waals surface area contributed by atoms with Gasteiger partial charge in [-0.05, 0) is 51.6 Å². The number of allylic oxidation sites excluding steroid dienone is 4. The van der Waals surface area contributed by atoms with Gasteiger partial charge in [-0.2, -0.15) is 0 Å². The molecule has 0 spiro atoms. The Morgan fingerprint density at radius 2 is 2.06 bits per heavy atom. The third kappa shape index (κ3) is 2.04. The van der Waals surface area contributed by atoms with Crippen LogP contribution in [0.3, 0.4) is 0 Å². The molecule has 2 bridgehead atoms. The molecule has 2 saturated heterocycles. The van der Waals surface area contributed by atoms with Gasteiger partial charge in [-0.1, -0.05) is 13.0 Å². The van der Waals surface area contributed by atoms with Crippen LogP contribution in [0.1, 0.15) is 41.0 Å². The van der Waals surface area contributed by atoms with Crippen molar-refractivity contribution < 1.29 is 9.31 Å². The second-order valence-electron chi connectivity index (χ2n) is 5.99. The highest BCUT2D eigenvalue weighted by Crippen LogP contribution is 2.49. The van der Waals surface area contributed by atoms with E-state index in [0.29, 0.717) is 5.92 Å². The fourth-order valence-electron chi connectivity index (χ4n) is 2.63. The zero-order valence-corrected chi connectivity index (χ0v) is 11.4. The number of nitrogens with two attached hydrogens (primary N) is 1. The van der Waals surface area contributed by atoms with Crippen molar-refractivity contribution in [2.24, 2.45) is 11.7 Å². The van der Waals surface area contributed by atoms with E-state index in [2.05, 4.69) is 27.7 Å². The number of rotatable bonds is 1. The molecule has 3 nitrogen and oxygen atoms in total. The summed E-state index contributed by atoms with van der Waals surface area (Å²) in [6.45, 7) is 10.5. The van der Waals surface area contributed by atoms with Gasteiger partial charge in [0.1, 0.15) is 0 Å². The Balaban J connectivity index is 2.31. The molecular weight excluding hydrogens is 213 g/mol. The molecule has 0 radical (unpaired) electrons. The fourth-order valence-corrected chi connectivity index (χ4v) is 2.63. The Bertz CT molecular complexity index is 383. The first-order valence-corrected chi connectivity index (χ1v) is 6.25. The number of fused-ring (bicyclic) bond motifs is 2. The third-order valence-corrected chi connectivity index (χ3v) is 4.12. The lowest BCUT2D eigenvalue weighted by Gasteiger charge is -2.39. The summed E-state index contributed by atoms with van der Waals surface area (Å²) in [5.41, 5.74) is 7.24. The maximum atomic E-state index is 6.05. The zero-order valence-electron chi connectivity index (χ0n) is 11.4. The van der Waals surface area contributed by atoms with E-state index in [4.69, 9.17) is 15.0 Å². The summed E-state index contributed by atoms with van der Waals surface area (Å²) in [7, 11) is -0.214. The second kappa shape index (κ2) is 3.89. The van der Waals surface area contributed by atoms with Crippen molar-refractivity contribution in [2.45, 2.75) is 52.2 Å². The fraction of sp³-hybridized carbons (Fsp3) is 0.692. The van der Waals surface area contributed by atoms with E-state index in [-0.39, 0.29) is 18.3 Å². The van der Waals surface area contributed by atoms with Gasteiger partial charge in [-0.3, -0.25) is 0 Å². The van der Waals surface area contributed by atoms with Crippen LogP contribution in [-0.2, 0) is 9.31 Å². The number of hydrogen-bond acceptors (Lipinski definition) is 3. The quantitative estimate of drug-likeness (QED) is 0.710. The van der Waals surface area contributed by atoms with Gasteiger partial charge < -0.3 is 15.0 Å². The van der Waals surface area contributed by atoms with Gasteiger partial charge in [0, 0.05) is 5.70 Å². The van der Waals surface area contributed by atoms with E-state index < -0.39 is 0 Å². The Labute approximate surface area is 104 Å². The summed E-state index contributed by atoms with van der Waals surface area (Å²) in [6.07, 6.45) is 4.96. The van der Waals surface area contributed by atoms with Gasteiger partial charge in [0.05, 0.1) is 11.2 Å². The molecule has 2 heterocycles. The zero-order chi connectivity index (χ0) is 12.8. The normalized spacial score (nSPS) is 38.9. The standard InChI is InChI=1S/C13H22BNO2/c1-9-8-13(5)12(3,4)16-14(17-13)11(9)7-6-10(2)15/h6-7,9H,8,15H2,1-5H3/b10-6+,11-7+. The van der Waals surface area contributed by atoms with Crippen molar-refractivity contribution in [3.8, 4) is 0 Å². The molecule has 2 fully saturated rings. The summed E-state index contributed by atoms with van der Waals surface area (Å²) in [5, 5.41) is 0. The Hall–Kier alpha value is -0.735. The van der Waals surface area contributed by atoms with Gasteiger partial charge in [0.15, 0.2) is 0 Å². The van der Waals surface area contributed by atoms with Crippen molar-refractivity contribution in [3.05, 3.63) is 23.3 Å². The molecule has 2 unspecified atom stereocenters. The van der Waals surface area contributed by atoms with Crippen molar-refractivity contribution in [2.75, 3.05) is 0 Å². The molecular formula is C13H22BNO2. The lowest BCUT2D eigenvalue weighted by molar-refractivity contribution is -0.0231. The summed E-state index contributed by atoms with van der Waals surface area (Å²) in [4.78, 5) is 0. The maximum absolute atomic E-state index is 6.05. The number of hydrogen-bond donors (Lipinski definition) is 1. The molecule has 94 valence electrons. The Kier molecular flexibility index (Phi) is 2.91. The highest BCUT2D eigenvalue weighted by atomic mass is 16.7. The molecule has 2 atom stereocenters. The molecule has 0 aromatic rings. The van der Waals surface area contributed by atoms with Crippen LogP contribution < -0.4 is 5.73 Å². The van der Waals surface area contributed by atoms with E-state index in [1.54, 1.807) is 0 Å². The van der Waals surface area contributed by atoms with Crippen LogP contribution in [-0.4, -0.2) is 18.3 Å². The predicted molar refractivity (Wildman–Crippen MR) is 70.2 cm³/mol. The summed E-state index contributed by atoms with van der Waals surface area (Å²) in [5.74, 6) is 0.469. The first-order chi connectivity index (χ1) is 7.75. The summed E-state index contributed by atoms with van der Waals surface area (Å²) < 4.78 is 12.1. The van der Waals surface area contributed by atoms with Gasteiger partial charge in [0.2, 0.25) is 0 Å². The van der Waals surface area contributed by atoms with Crippen LogP contribution in [0.4, 0.5) is 0 Å². The van der Waals surface area contributed by atoms with Gasteiger partial charge in [-0.25, -0.2) is 0 Å². The Morgan fingerprint density at radius 3 is 2.65 bits per heavy atom. The van der Waals surface area contributed by atoms with E-state index in [0.717, 1.165) is 12.1 Å². The minimum atomic E-state index is -0.233. The predicted octanol–water partition coefficient (Wildman–Crippen LogP) is 2.43. The van der Waals surface area contributed by atoms with E-state index in [1.807, 2.05) is 19.1 Å². The molecule has 0 saturated carbocycles. The molecule has 0 aromatic heterocycles. The van der Waals surface area contributed by atoms with Crippen LogP contribution in [0.25, 0.3) is 0 Å². The van der Waals surface area contributed by atoms with Crippen LogP contribution >= 0.6 is 0 Å². The molecule has 0 aromatic carbocycles. The average Bonchev–Trinajstić information content (AvgIpc) is 2.32. The Morgan fingerprint density at radius 1 is 1.41 bits per heavy atom. The monoisotopic (exact) mass is 235 g/mol. The van der Waals surface area contributed by atoms with Gasteiger partial charge in [0.25, 0.3) is 0 Å². The lowest BCUT2D eigenvalue weighted by atomic mass is 9.65. The largest absolute Gasteiger partial charge is 0.490 e. The van der Waals surface area contributed by atoms with Crippen LogP contribution in [0.5, 0.6) is 0 Å². The van der Waals surface area contributed by atoms with Crippen LogP contribution in [0.15, 0.2) is 23.3 Å². The molecule has 2 aliphatic rings. The highest BCUT2D eigenvalue weighted by molar-refractivity contribution is 6.55. The highest BCUT2D eigenvalue weighted by Gasteiger charge is 2.59. The molecule has 0 amide bonds. The molecule has 2 N–H and O–H groups in total. The van der Waals surface area contributed by atoms with Crippen LogP contribution in [0, 0.1) is 5.92 Å². The van der Waals surface area contributed by atoms with Crippen molar-refractivity contribution in [1.29, 1.82) is 0 Å². The van der Waals surface area contributed by atoms with E-state index in [1.165, 1.54) is 5.47 Å². The molecule has 2 rings (SSSR count). The minimum Gasteiger partial charge on any atom is -0.402 e. The molecule has 2 aliphatic heterocycles. The van der Waals surface area contributed by atoms with Crippen molar-refractivity contribution in [3.63, 3.8) is 0 Å². The van der Waals surface area contributed by atoms with Crippen molar-refractivity contribution >= 4 is 7.12 Å². The first-order valence-electron chi connectivity index (χ1n) is 6.25. The smallest absolute Gasteiger partial charge is 0.402 e. The molecule has 4 heteroatoms. The second-order valence-corrected chi connectivity index (χ2v) is 5.99. The minimum absolute atomic E-state index is 0.185. The van der Waals surface area contributed by atoms with E-state index >= 15 is 0 Å². The van der Waals surface area contributed by atoms with Crippen molar-refractivity contribution in [1.82, 2.24) is 0 Å². The SMILES string of the molecule is C/C(N)=C\C=C1\B2OC(C)(C)C(C)(CC1C)O2. The summed E-state index contributed by atoms with van der Waals surface area (Å²) in [6, 6.07) is 0. The third-order valence-electron chi connectivity index (χ3n) is 4.12. The topological polar surface area (TPSA) is 44.5 Å². The summed E-state index contributed by atoms with van der Waals surface area (Å²) >= 11 is 0. The first kappa shape index (κ1) is 12.7. The van der Waals surface area contributed by atoms with Gasteiger partial charge >= 0.3 is 7.12 Å².